The first-order chi connectivity index (χ1) is 9.49. The fraction of sp³-hybridized carbons (Fsp3) is 0.533. The van der Waals surface area contributed by atoms with Gasteiger partial charge in [-0.15, -0.1) is 0 Å². The van der Waals surface area contributed by atoms with Gasteiger partial charge >= 0.3 is 0 Å². The van der Waals surface area contributed by atoms with E-state index < -0.39 is 0 Å². The van der Waals surface area contributed by atoms with Crippen molar-refractivity contribution in [3.63, 3.8) is 0 Å². The van der Waals surface area contributed by atoms with E-state index in [1.54, 1.807) is 0 Å². The lowest BCUT2D eigenvalue weighted by Crippen LogP contribution is -2.50. The van der Waals surface area contributed by atoms with Crippen molar-refractivity contribution in [2.45, 2.75) is 32.9 Å². The van der Waals surface area contributed by atoms with Crippen LogP contribution in [0.4, 0.5) is 11.4 Å². The third-order valence-electron chi connectivity index (χ3n) is 3.83. The zero-order valence-corrected chi connectivity index (χ0v) is 12.3. The Hall–Kier alpha value is -1.59. The lowest BCUT2D eigenvalue weighted by atomic mass is 10.1. The summed E-state index contributed by atoms with van der Waals surface area (Å²) in [7, 11) is 0. The van der Waals surface area contributed by atoms with Crippen LogP contribution in [0.15, 0.2) is 18.2 Å². The van der Waals surface area contributed by atoms with Crippen LogP contribution < -0.4 is 11.1 Å². The molecule has 1 saturated heterocycles. The molecule has 1 aliphatic rings. The van der Waals surface area contributed by atoms with Gasteiger partial charge in [0.15, 0.2) is 0 Å². The number of nitrogens with zero attached hydrogens (tertiary/aromatic N) is 1. The molecule has 110 valence electrons. The monoisotopic (exact) mass is 277 g/mol. The second-order valence-corrected chi connectivity index (χ2v) is 5.36. The highest BCUT2D eigenvalue weighted by atomic mass is 16.5. The average molecular weight is 277 g/mol. The Labute approximate surface area is 120 Å². The minimum Gasteiger partial charge on any atom is -0.398 e. The molecule has 1 aliphatic heterocycles. The molecule has 0 bridgehead atoms. The van der Waals surface area contributed by atoms with Crippen molar-refractivity contribution in [2.24, 2.45) is 0 Å². The van der Waals surface area contributed by atoms with Gasteiger partial charge in [0.2, 0.25) is 5.91 Å². The predicted octanol–water partition coefficient (Wildman–Crippen LogP) is 1.62. The largest absolute Gasteiger partial charge is 0.398 e. The number of ether oxygens (including phenoxy) is 1. The van der Waals surface area contributed by atoms with E-state index >= 15 is 0 Å². The third kappa shape index (κ3) is 3.29. The van der Waals surface area contributed by atoms with E-state index in [1.807, 2.05) is 39.0 Å². The van der Waals surface area contributed by atoms with Crippen molar-refractivity contribution in [2.75, 3.05) is 30.7 Å². The van der Waals surface area contributed by atoms with Gasteiger partial charge in [0, 0.05) is 24.5 Å². The molecule has 1 heterocycles. The smallest absolute Gasteiger partial charge is 0.241 e. The fourth-order valence-corrected chi connectivity index (χ4v) is 2.39. The number of anilines is 2. The van der Waals surface area contributed by atoms with E-state index in [4.69, 9.17) is 10.5 Å². The lowest BCUT2D eigenvalue weighted by molar-refractivity contribution is -0.123. The van der Waals surface area contributed by atoms with Crippen molar-refractivity contribution >= 4 is 17.3 Å². The van der Waals surface area contributed by atoms with Crippen LogP contribution in [0, 0.1) is 6.92 Å². The molecule has 1 aromatic rings. The minimum atomic E-state index is -0.179. The Morgan fingerprint density at radius 3 is 3.00 bits per heavy atom. The van der Waals surface area contributed by atoms with Crippen molar-refractivity contribution < 1.29 is 9.53 Å². The summed E-state index contributed by atoms with van der Waals surface area (Å²) in [5, 5.41) is 2.96. The normalized spacial score (nSPS) is 21.4. The van der Waals surface area contributed by atoms with Gasteiger partial charge in [0.25, 0.3) is 0 Å². The standard InChI is InChI=1S/C15H23N3O2/c1-10-9-18(7-8-20-10)12(3)15(19)17-14-6-4-5-13(16)11(14)2/h4-6,10,12H,7-9,16H2,1-3H3,(H,17,19). The number of hydrogen-bond donors (Lipinski definition) is 2. The second-order valence-electron chi connectivity index (χ2n) is 5.36. The Morgan fingerprint density at radius 2 is 2.30 bits per heavy atom. The molecule has 1 fully saturated rings. The van der Waals surface area contributed by atoms with Crippen LogP contribution in [0.1, 0.15) is 19.4 Å². The molecule has 0 radical (unpaired) electrons. The van der Waals surface area contributed by atoms with Gasteiger partial charge in [-0.2, -0.15) is 0 Å². The highest BCUT2D eigenvalue weighted by Crippen LogP contribution is 2.21. The number of nitrogen functional groups attached to an aromatic ring is 1. The highest BCUT2D eigenvalue weighted by molar-refractivity contribution is 5.95. The maximum atomic E-state index is 12.3. The number of carbonyl (C=O) groups is 1. The van der Waals surface area contributed by atoms with E-state index in [0.717, 1.165) is 24.3 Å². The number of nitrogens with one attached hydrogen (secondary N) is 1. The molecular formula is C15H23N3O2. The summed E-state index contributed by atoms with van der Waals surface area (Å²) in [6.07, 6.45) is 0.174. The van der Waals surface area contributed by atoms with E-state index in [1.165, 1.54) is 0 Å². The molecule has 5 heteroatoms. The molecule has 1 amide bonds. The molecule has 0 aromatic heterocycles. The molecule has 20 heavy (non-hydrogen) atoms. The molecule has 2 rings (SSSR count). The van der Waals surface area contributed by atoms with Gasteiger partial charge in [-0.25, -0.2) is 0 Å². The summed E-state index contributed by atoms with van der Waals surface area (Å²) >= 11 is 0. The van der Waals surface area contributed by atoms with Crippen molar-refractivity contribution in [1.29, 1.82) is 0 Å². The quantitative estimate of drug-likeness (QED) is 0.824. The Balaban J connectivity index is 2.02. The summed E-state index contributed by atoms with van der Waals surface area (Å²) in [4.78, 5) is 14.5. The van der Waals surface area contributed by atoms with Crippen LogP contribution >= 0.6 is 0 Å². The lowest BCUT2D eigenvalue weighted by Gasteiger charge is -2.34. The zero-order valence-electron chi connectivity index (χ0n) is 12.3. The summed E-state index contributed by atoms with van der Waals surface area (Å²) in [5.41, 5.74) is 8.23. The number of carbonyl (C=O) groups excluding carboxylic acids is 1. The molecule has 0 spiro atoms. The molecule has 5 nitrogen and oxygen atoms in total. The first-order valence-corrected chi connectivity index (χ1v) is 7.00. The van der Waals surface area contributed by atoms with Crippen LogP contribution in [0.5, 0.6) is 0 Å². The second kappa shape index (κ2) is 6.24. The zero-order chi connectivity index (χ0) is 14.7. The van der Waals surface area contributed by atoms with Gasteiger partial charge in [-0.3, -0.25) is 9.69 Å². The summed E-state index contributed by atoms with van der Waals surface area (Å²) in [6.45, 7) is 8.11. The topological polar surface area (TPSA) is 67.6 Å². The minimum absolute atomic E-state index is 0.00667. The van der Waals surface area contributed by atoms with Crippen LogP contribution in [-0.4, -0.2) is 42.6 Å². The number of nitrogens with two attached hydrogens (primary N) is 1. The summed E-state index contributed by atoms with van der Waals surface area (Å²) in [5.74, 6) is -0.00667. The molecular weight excluding hydrogens is 254 g/mol. The van der Waals surface area contributed by atoms with E-state index in [9.17, 15) is 4.79 Å². The third-order valence-corrected chi connectivity index (χ3v) is 3.83. The van der Waals surface area contributed by atoms with Gasteiger partial charge in [0.1, 0.15) is 0 Å². The average Bonchev–Trinajstić information content (AvgIpc) is 2.43. The maximum absolute atomic E-state index is 12.3. The number of morpholine rings is 1. The number of benzene rings is 1. The number of amides is 1. The molecule has 2 unspecified atom stereocenters. The molecule has 1 aromatic carbocycles. The predicted molar refractivity (Wildman–Crippen MR) is 80.7 cm³/mol. The summed E-state index contributed by atoms with van der Waals surface area (Å²) in [6, 6.07) is 5.37. The number of hydrogen-bond acceptors (Lipinski definition) is 4. The van der Waals surface area contributed by atoms with E-state index in [2.05, 4.69) is 10.2 Å². The van der Waals surface area contributed by atoms with Gasteiger partial charge in [-0.1, -0.05) is 6.07 Å². The van der Waals surface area contributed by atoms with Crippen molar-refractivity contribution in [1.82, 2.24) is 4.90 Å². The highest BCUT2D eigenvalue weighted by Gasteiger charge is 2.26. The molecule has 3 N–H and O–H groups in total. The van der Waals surface area contributed by atoms with Crippen LogP contribution in [0.25, 0.3) is 0 Å². The maximum Gasteiger partial charge on any atom is 0.241 e. The Kier molecular flexibility index (Phi) is 4.62. The first-order valence-electron chi connectivity index (χ1n) is 7.00. The van der Waals surface area contributed by atoms with E-state index in [-0.39, 0.29) is 18.1 Å². The first kappa shape index (κ1) is 14.8. The Morgan fingerprint density at radius 1 is 1.55 bits per heavy atom. The van der Waals surface area contributed by atoms with Crippen LogP contribution in [0.3, 0.4) is 0 Å². The van der Waals surface area contributed by atoms with Crippen molar-refractivity contribution in [3.05, 3.63) is 23.8 Å². The Bertz CT molecular complexity index is 490. The molecule has 0 aliphatic carbocycles. The van der Waals surface area contributed by atoms with Crippen molar-refractivity contribution in [3.8, 4) is 0 Å². The fourth-order valence-electron chi connectivity index (χ4n) is 2.39. The van der Waals surface area contributed by atoms with Gasteiger partial charge < -0.3 is 15.8 Å². The van der Waals surface area contributed by atoms with Crippen LogP contribution in [-0.2, 0) is 9.53 Å². The number of rotatable bonds is 3. The molecule has 0 saturated carbocycles. The molecule has 2 atom stereocenters. The van der Waals surface area contributed by atoms with Gasteiger partial charge in [-0.05, 0) is 38.5 Å². The van der Waals surface area contributed by atoms with E-state index in [0.29, 0.717) is 12.3 Å². The van der Waals surface area contributed by atoms with Crippen LogP contribution in [0.2, 0.25) is 0 Å². The summed E-state index contributed by atoms with van der Waals surface area (Å²) < 4.78 is 5.50. The van der Waals surface area contributed by atoms with Gasteiger partial charge in [0.05, 0.1) is 18.8 Å². The SMILES string of the molecule is Cc1c(N)cccc1NC(=O)C(C)N1CCOC(C)C1.